The van der Waals surface area contributed by atoms with Crippen molar-refractivity contribution in [1.29, 1.82) is 0 Å². The molecule has 5 heteroatoms. The van der Waals surface area contributed by atoms with E-state index in [0.717, 1.165) is 28.4 Å². The molecule has 2 nitrogen and oxygen atoms in total. The summed E-state index contributed by atoms with van der Waals surface area (Å²) in [6.45, 7) is 5.94. The first-order chi connectivity index (χ1) is 12.0. The molecule has 0 unspecified atom stereocenters. The van der Waals surface area contributed by atoms with Gasteiger partial charge in [0.15, 0.2) is 0 Å². The van der Waals surface area contributed by atoms with Gasteiger partial charge in [0, 0.05) is 28.2 Å². The van der Waals surface area contributed by atoms with Crippen LogP contribution in [0.5, 0.6) is 0 Å². The first kappa shape index (κ1) is 17.5. The van der Waals surface area contributed by atoms with Crippen molar-refractivity contribution < 1.29 is 8.78 Å². The van der Waals surface area contributed by atoms with E-state index in [4.69, 9.17) is 0 Å². The van der Waals surface area contributed by atoms with Crippen LogP contribution in [0.4, 0.5) is 14.5 Å². The summed E-state index contributed by atoms with van der Waals surface area (Å²) in [4.78, 5) is 5.85. The van der Waals surface area contributed by atoms with Crippen LogP contribution in [0.15, 0.2) is 36.4 Å². The Labute approximate surface area is 150 Å². The summed E-state index contributed by atoms with van der Waals surface area (Å²) in [5.74, 6) is -1.04. The number of benzene rings is 2. The van der Waals surface area contributed by atoms with Crippen molar-refractivity contribution in [3.8, 4) is 11.3 Å². The van der Waals surface area contributed by atoms with E-state index in [-0.39, 0.29) is 12.1 Å². The van der Waals surface area contributed by atoms with Crippen molar-refractivity contribution in [3.63, 3.8) is 0 Å². The lowest BCUT2D eigenvalue weighted by Crippen LogP contribution is -2.05. The molecule has 0 amide bonds. The van der Waals surface area contributed by atoms with Crippen molar-refractivity contribution in [1.82, 2.24) is 4.98 Å². The average molecular weight is 358 g/mol. The van der Waals surface area contributed by atoms with Crippen molar-refractivity contribution in [2.45, 2.75) is 33.7 Å². The minimum atomic E-state index is -0.521. The molecular weight excluding hydrogens is 338 g/mol. The van der Waals surface area contributed by atoms with Gasteiger partial charge in [-0.2, -0.15) is 0 Å². The maximum absolute atomic E-state index is 13.9. The molecule has 0 radical (unpaired) electrons. The van der Waals surface area contributed by atoms with Gasteiger partial charge in [-0.3, -0.25) is 0 Å². The number of halogens is 2. The molecule has 1 heterocycles. The highest BCUT2D eigenvalue weighted by Crippen LogP contribution is 2.28. The zero-order chi connectivity index (χ0) is 18.0. The number of aromatic nitrogens is 1. The van der Waals surface area contributed by atoms with Gasteiger partial charge in [0.1, 0.15) is 11.6 Å². The van der Waals surface area contributed by atoms with Crippen LogP contribution >= 0.6 is 11.3 Å². The molecule has 1 aromatic heterocycles. The van der Waals surface area contributed by atoms with Crippen molar-refractivity contribution in [2.75, 3.05) is 5.32 Å². The number of anilines is 1. The lowest BCUT2D eigenvalue weighted by Gasteiger charge is -2.10. The number of rotatable bonds is 5. The maximum Gasteiger partial charge on any atom is 0.131 e. The van der Waals surface area contributed by atoms with Gasteiger partial charge in [-0.05, 0) is 50.1 Å². The van der Waals surface area contributed by atoms with E-state index < -0.39 is 11.6 Å². The summed E-state index contributed by atoms with van der Waals surface area (Å²) < 4.78 is 27.8. The van der Waals surface area contributed by atoms with Crippen LogP contribution in [0.25, 0.3) is 11.3 Å². The van der Waals surface area contributed by atoms with E-state index in [1.54, 1.807) is 18.3 Å². The lowest BCUT2D eigenvalue weighted by atomic mass is 10.1. The number of aryl methyl sites for hydroxylation is 3. The molecule has 0 aliphatic heterocycles. The second-order valence-electron chi connectivity index (χ2n) is 6.00. The predicted molar refractivity (Wildman–Crippen MR) is 100 cm³/mol. The van der Waals surface area contributed by atoms with Gasteiger partial charge in [-0.25, -0.2) is 13.8 Å². The molecule has 0 bridgehead atoms. The van der Waals surface area contributed by atoms with Crippen LogP contribution in [0.3, 0.4) is 0 Å². The fourth-order valence-corrected chi connectivity index (χ4v) is 3.60. The summed E-state index contributed by atoms with van der Waals surface area (Å²) >= 11 is 1.72. The summed E-state index contributed by atoms with van der Waals surface area (Å²) in [6.07, 6.45) is 0.929. The molecule has 0 saturated carbocycles. The van der Waals surface area contributed by atoms with Crippen LogP contribution in [0.2, 0.25) is 0 Å². The van der Waals surface area contributed by atoms with Gasteiger partial charge in [0.2, 0.25) is 0 Å². The number of hydrogen-bond acceptors (Lipinski definition) is 3. The predicted octanol–water partition coefficient (Wildman–Crippen LogP) is 5.88. The Morgan fingerprint density at radius 1 is 1.04 bits per heavy atom. The van der Waals surface area contributed by atoms with Crippen molar-refractivity contribution in [3.05, 3.63) is 69.0 Å². The number of thiazole rings is 1. The first-order valence-corrected chi connectivity index (χ1v) is 9.04. The van der Waals surface area contributed by atoms with Crippen LogP contribution in [0, 0.1) is 25.5 Å². The topological polar surface area (TPSA) is 24.9 Å². The highest BCUT2D eigenvalue weighted by molar-refractivity contribution is 7.12. The van der Waals surface area contributed by atoms with E-state index in [2.05, 4.69) is 24.1 Å². The normalized spacial score (nSPS) is 10.9. The monoisotopic (exact) mass is 358 g/mol. The maximum atomic E-state index is 13.9. The zero-order valence-electron chi connectivity index (χ0n) is 14.5. The highest BCUT2D eigenvalue weighted by atomic mass is 32.1. The Balaban J connectivity index is 1.74. The van der Waals surface area contributed by atoms with Gasteiger partial charge in [0.05, 0.1) is 10.7 Å². The quantitative estimate of drug-likeness (QED) is 0.616. The summed E-state index contributed by atoms with van der Waals surface area (Å²) in [5, 5.41) is 4.20. The molecule has 3 aromatic rings. The van der Waals surface area contributed by atoms with E-state index in [0.29, 0.717) is 5.56 Å². The van der Waals surface area contributed by atoms with E-state index >= 15 is 0 Å². The van der Waals surface area contributed by atoms with Gasteiger partial charge < -0.3 is 5.32 Å². The molecule has 0 spiro atoms. The zero-order valence-corrected chi connectivity index (χ0v) is 15.3. The fraction of sp³-hybridized carbons (Fsp3) is 0.250. The molecule has 0 saturated heterocycles. The van der Waals surface area contributed by atoms with Crippen LogP contribution in [-0.2, 0) is 13.0 Å². The molecule has 0 fully saturated rings. The lowest BCUT2D eigenvalue weighted by molar-refractivity contribution is 0.558. The molecule has 3 rings (SSSR count). The molecule has 130 valence electrons. The van der Waals surface area contributed by atoms with Gasteiger partial charge in [0.25, 0.3) is 0 Å². The minimum Gasteiger partial charge on any atom is -0.381 e. The van der Waals surface area contributed by atoms with Gasteiger partial charge >= 0.3 is 0 Å². The third kappa shape index (κ3) is 3.87. The SMILES string of the molecule is CCc1nc(-c2ccc(NCc3c(F)cc(C)cc3F)cc2)c(C)s1. The van der Waals surface area contributed by atoms with Gasteiger partial charge in [-0.15, -0.1) is 11.3 Å². The summed E-state index contributed by atoms with van der Waals surface area (Å²) in [6, 6.07) is 10.5. The second kappa shape index (κ2) is 7.31. The molecular formula is C20H20F2N2S. The van der Waals surface area contributed by atoms with Gasteiger partial charge in [-0.1, -0.05) is 19.1 Å². The van der Waals surface area contributed by atoms with E-state index in [1.807, 2.05) is 24.3 Å². The van der Waals surface area contributed by atoms with Crippen LogP contribution in [-0.4, -0.2) is 4.98 Å². The first-order valence-electron chi connectivity index (χ1n) is 8.23. The number of nitrogens with zero attached hydrogens (tertiary/aromatic N) is 1. The molecule has 0 aliphatic carbocycles. The number of hydrogen-bond donors (Lipinski definition) is 1. The Morgan fingerprint density at radius 3 is 2.24 bits per heavy atom. The average Bonchev–Trinajstić information content (AvgIpc) is 2.95. The molecule has 0 aliphatic rings. The standard InChI is InChI=1S/C20H20F2N2S/c1-4-19-24-20(13(3)25-19)14-5-7-15(8-6-14)23-11-16-17(21)9-12(2)10-18(16)22/h5-10,23H,4,11H2,1-3H3. The number of nitrogens with one attached hydrogen (secondary N) is 1. The van der Waals surface area contributed by atoms with E-state index in [1.165, 1.54) is 17.0 Å². The Hall–Kier alpha value is -2.27. The molecule has 25 heavy (non-hydrogen) atoms. The second-order valence-corrected chi connectivity index (χ2v) is 7.29. The van der Waals surface area contributed by atoms with Crippen LogP contribution < -0.4 is 5.32 Å². The van der Waals surface area contributed by atoms with Crippen molar-refractivity contribution in [2.24, 2.45) is 0 Å². The minimum absolute atomic E-state index is 0.0533. The third-order valence-electron chi connectivity index (χ3n) is 4.06. The summed E-state index contributed by atoms with van der Waals surface area (Å²) in [5.41, 5.74) is 3.49. The molecule has 0 atom stereocenters. The third-order valence-corrected chi connectivity index (χ3v) is 5.17. The van der Waals surface area contributed by atoms with Crippen molar-refractivity contribution >= 4 is 17.0 Å². The van der Waals surface area contributed by atoms with E-state index in [9.17, 15) is 8.78 Å². The highest BCUT2D eigenvalue weighted by Gasteiger charge is 2.11. The molecule has 2 aromatic carbocycles. The van der Waals surface area contributed by atoms with Crippen LogP contribution in [0.1, 0.15) is 27.9 Å². The Bertz CT molecular complexity index is 862. The smallest absolute Gasteiger partial charge is 0.131 e. The fourth-order valence-electron chi connectivity index (χ4n) is 2.71. The largest absolute Gasteiger partial charge is 0.381 e. The summed E-state index contributed by atoms with van der Waals surface area (Å²) in [7, 11) is 0. The Kier molecular flexibility index (Phi) is 5.13. The Morgan fingerprint density at radius 2 is 1.68 bits per heavy atom. The molecule has 1 N–H and O–H groups in total.